The molecule has 1 aliphatic rings. The van der Waals surface area contributed by atoms with Gasteiger partial charge in [0.05, 0.1) is 18.8 Å². The van der Waals surface area contributed by atoms with Crippen LogP contribution in [0.25, 0.3) is 0 Å². The number of nitrogens with two attached hydrogens (primary N) is 1. The summed E-state index contributed by atoms with van der Waals surface area (Å²) >= 11 is 0. The van der Waals surface area contributed by atoms with Crippen molar-refractivity contribution in [2.45, 2.75) is 70.7 Å². The number of ether oxygens (including phenoxy) is 1. The minimum Gasteiger partial charge on any atom is -0.375 e. The zero-order valence-electron chi connectivity index (χ0n) is 12.7. The van der Waals surface area contributed by atoms with Crippen molar-refractivity contribution in [1.29, 1.82) is 0 Å². The third-order valence-corrected chi connectivity index (χ3v) is 4.11. The van der Waals surface area contributed by atoms with E-state index in [1.165, 1.54) is 0 Å². The second-order valence-corrected chi connectivity index (χ2v) is 6.55. The number of hydrogen-bond donors (Lipinski definition) is 1. The second kappa shape index (κ2) is 5.65. The van der Waals surface area contributed by atoms with E-state index in [-0.39, 0.29) is 23.2 Å². The van der Waals surface area contributed by atoms with Crippen molar-refractivity contribution in [3.63, 3.8) is 0 Å². The van der Waals surface area contributed by atoms with Gasteiger partial charge in [-0.25, -0.2) is 0 Å². The summed E-state index contributed by atoms with van der Waals surface area (Å²) in [6.07, 6.45) is 2.36. The van der Waals surface area contributed by atoms with Crippen LogP contribution >= 0.6 is 0 Å². The Bertz CT molecular complexity index is 325. The van der Waals surface area contributed by atoms with E-state index < -0.39 is 0 Å². The average Bonchev–Trinajstić information content (AvgIpc) is 2.23. The molecule has 102 valence electrons. The molecule has 1 rings (SSSR count). The number of hydrogen-bond acceptors (Lipinski definition) is 3. The SMILES string of the molecule is BN1C(C)(C)CC(OCC(N)C#CC)CC1(C)C. The predicted octanol–water partition coefficient (Wildman–Crippen LogP) is 0.923. The molecule has 3 nitrogen and oxygen atoms in total. The van der Waals surface area contributed by atoms with E-state index in [9.17, 15) is 0 Å². The molecule has 2 N–H and O–H groups in total. The van der Waals surface area contributed by atoms with Crippen LogP contribution in [0.3, 0.4) is 0 Å². The summed E-state index contributed by atoms with van der Waals surface area (Å²) in [5, 5.41) is 0. The number of piperidine rings is 1. The summed E-state index contributed by atoms with van der Waals surface area (Å²) in [7, 11) is 2.20. The van der Waals surface area contributed by atoms with Crippen molar-refractivity contribution in [1.82, 2.24) is 4.81 Å². The number of rotatable bonds is 3. The van der Waals surface area contributed by atoms with Crippen LogP contribution < -0.4 is 5.73 Å². The number of nitrogens with zero attached hydrogens (tertiary/aromatic N) is 1. The Hall–Kier alpha value is -0.495. The minimum atomic E-state index is -0.166. The molecule has 0 radical (unpaired) electrons. The fourth-order valence-electron chi connectivity index (χ4n) is 2.86. The van der Waals surface area contributed by atoms with Gasteiger partial charge in [0, 0.05) is 11.1 Å². The highest BCUT2D eigenvalue weighted by atomic mass is 16.5. The van der Waals surface area contributed by atoms with Gasteiger partial charge in [-0.1, -0.05) is 5.92 Å². The third kappa shape index (κ3) is 3.75. The largest absolute Gasteiger partial charge is 0.375 e. The lowest BCUT2D eigenvalue weighted by Gasteiger charge is -2.54. The Morgan fingerprint density at radius 2 is 1.83 bits per heavy atom. The zero-order valence-corrected chi connectivity index (χ0v) is 12.7. The van der Waals surface area contributed by atoms with E-state index >= 15 is 0 Å². The maximum atomic E-state index is 5.96. The Morgan fingerprint density at radius 1 is 1.33 bits per heavy atom. The summed E-state index contributed by atoms with van der Waals surface area (Å²) in [6.45, 7) is 11.4. The molecule has 0 spiro atoms. The first-order valence-corrected chi connectivity index (χ1v) is 6.72. The minimum absolute atomic E-state index is 0.160. The quantitative estimate of drug-likeness (QED) is 0.598. The fraction of sp³-hybridized carbons (Fsp3) is 0.857. The summed E-state index contributed by atoms with van der Waals surface area (Å²) in [4.78, 5) is 2.45. The lowest BCUT2D eigenvalue weighted by atomic mass is 9.75. The maximum absolute atomic E-state index is 5.96. The van der Waals surface area contributed by atoms with Crippen LogP contribution in [0.2, 0.25) is 0 Å². The molecule has 1 aliphatic heterocycles. The second-order valence-electron chi connectivity index (χ2n) is 6.55. The third-order valence-electron chi connectivity index (χ3n) is 4.11. The van der Waals surface area contributed by atoms with E-state index in [1.54, 1.807) is 0 Å². The smallest absolute Gasteiger partial charge is 0.186 e. The van der Waals surface area contributed by atoms with Crippen LogP contribution in [0, 0.1) is 11.8 Å². The van der Waals surface area contributed by atoms with Gasteiger partial charge >= 0.3 is 0 Å². The van der Waals surface area contributed by atoms with Gasteiger partial charge in [-0.2, -0.15) is 0 Å². The van der Waals surface area contributed by atoms with E-state index in [1.807, 2.05) is 6.92 Å². The normalized spacial score (nSPS) is 25.2. The molecule has 4 heteroatoms. The van der Waals surface area contributed by atoms with Gasteiger partial charge in [-0.15, -0.1) is 5.92 Å². The van der Waals surface area contributed by atoms with Crippen LogP contribution in [0.15, 0.2) is 0 Å². The summed E-state index contributed by atoms with van der Waals surface area (Å²) < 4.78 is 5.96. The highest BCUT2D eigenvalue weighted by molar-refractivity contribution is 6.05. The summed E-state index contributed by atoms with van der Waals surface area (Å²) in [5.74, 6) is 5.76. The Morgan fingerprint density at radius 3 is 2.28 bits per heavy atom. The molecule has 0 aromatic rings. The standard InChI is InChI=1S/C14H27BN2O/c1-6-7-11(16)10-18-12-8-13(2,3)17(15)14(4,5)9-12/h11-12H,8-10,15-16H2,1-5H3. The molecule has 1 heterocycles. The van der Waals surface area contributed by atoms with E-state index in [2.05, 4.69) is 52.3 Å². The molecule has 1 saturated heterocycles. The highest BCUT2D eigenvalue weighted by Gasteiger charge is 2.42. The van der Waals surface area contributed by atoms with Crippen LogP contribution in [-0.2, 0) is 4.74 Å². The molecular formula is C14H27BN2O. The molecule has 0 amide bonds. The van der Waals surface area contributed by atoms with Crippen molar-refractivity contribution in [3.8, 4) is 11.8 Å². The van der Waals surface area contributed by atoms with Gasteiger partial charge in [-0.3, -0.25) is 0 Å². The molecule has 0 aromatic carbocycles. The zero-order chi connectivity index (χ0) is 14.0. The van der Waals surface area contributed by atoms with Crippen LogP contribution in [0.4, 0.5) is 0 Å². The van der Waals surface area contributed by atoms with Gasteiger partial charge in [0.1, 0.15) is 0 Å². The molecule has 1 atom stereocenters. The first-order chi connectivity index (χ1) is 8.19. The molecule has 0 aromatic heterocycles. The van der Waals surface area contributed by atoms with Gasteiger partial charge in [0.25, 0.3) is 0 Å². The van der Waals surface area contributed by atoms with Crippen LogP contribution in [0.1, 0.15) is 47.5 Å². The fourth-order valence-corrected chi connectivity index (χ4v) is 2.86. The molecule has 1 fully saturated rings. The van der Waals surface area contributed by atoms with Crippen LogP contribution in [0.5, 0.6) is 0 Å². The lowest BCUT2D eigenvalue weighted by Crippen LogP contribution is -2.61. The molecule has 18 heavy (non-hydrogen) atoms. The van der Waals surface area contributed by atoms with Crippen molar-refractivity contribution < 1.29 is 4.74 Å². The van der Waals surface area contributed by atoms with E-state index in [4.69, 9.17) is 10.5 Å². The molecular weight excluding hydrogens is 223 g/mol. The van der Waals surface area contributed by atoms with Crippen molar-refractivity contribution in [3.05, 3.63) is 0 Å². The molecule has 1 unspecified atom stereocenters. The van der Waals surface area contributed by atoms with Crippen molar-refractivity contribution in [2.75, 3.05) is 6.61 Å². The first-order valence-electron chi connectivity index (χ1n) is 6.72. The maximum Gasteiger partial charge on any atom is 0.186 e. The Balaban J connectivity index is 2.60. The molecule has 0 saturated carbocycles. The topological polar surface area (TPSA) is 38.5 Å². The van der Waals surface area contributed by atoms with Gasteiger partial charge in [0.2, 0.25) is 0 Å². The van der Waals surface area contributed by atoms with Crippen LogP contribution in [-0.4, -0.2) is 42.6 Å². The van der Waals surface area contributed by atoms with Crippen molar-refractivity contribution >= 4 is 7.98 Å². The lowest BCUT2D eigenvalue weighted by molar-refractivity contribution is -0.0643. The Labute approximate surface area is 113 Å². The van der Waals surface area contributed by atoms with E-state index in [0.29, 0.717) is 6.61 Å². The van der Waals surface area contributed by atoms with Gasteiger partial charge in [0.15, 0.2) is 7.98 Å². The van der Waals surface area contributed by atoms with Gasteiger partial charge < -0.3 is 15.3 Å². The predicted molar refractivity (Wildman–Crippen MR) is 78.9 cm³/mol. The van der Waals surface area contributed by atoms with Gasteiger partial charge in [-0.05, 0) is 47.5 Å². The summed E-state index contributed by atoms with van der Waals surface area (Å²) in [5.41, 5.74) is 6.17. The molecule has 0 bridgehead atoms. The van der Waals surface area contributed by atoms with Crippen molar-refractivity contribution in [2.24, 2.45) is 5.73 Å². The van der Waals surface area contributed by atoms with E-state index in [0.717, 1.165) is 12.8 Å². The molecule has 0 aliphatic carbocycles. The average molecular weight is 250 g/mol. The summed E-state index contributed by atoms with van der Waals surface area (Å²) in [6, 6.07) is -0.166. The monoisotopic (exact) mass is 250 g/mol. The first kappa shape index (κ1) is 15.6. The highest BCUT2D eigenvalue weighted by Crippen LogP contribution is 2.37. The Kier molecular flexibility index (Phi) is 4.88.